The molecule has 5 amide bonds. The summed E-state index contributed by atoms with van der Waals surface area (Å²) in [6, 6.07) is -2.21. The summed E-state index contributed by atoms with van der Waals surface area (Å²) in [6.45, 7) is -0.391. The maximum atomic E-state index is 12.1. The van der Waals surface area contributed by atoms with E-state index in [0.29, 0.717) is 6.42 Å². The Labute approximate surface area is 158 Å². The van der Waals surface area contributed by atoms with Gasteiger partial charge in [-0.2, -0.15) is 0 Å². The molecule has 0 aliphatic carbocycles. The average molecular weight is 400 g/mol. The molecule has 0 bridgehead atoms. The van der Waals surface area contributed by atoms with Gasteiger partial charge in [0.05, 0.1) is 13.0 Å². The highest BCUT2D eigenvalue weighted by Gasteiger charge is 2.38. The first-order chi connectivity index (χ1) is 13.2. The fraction of sp³-hybridized carbons (Fsp3) is 0.600. The van der Waals surface area contributed by atoms with Crippen molar-refractivity contribution < 1.29 is 43.7 Å². The van der Waals surface area contributed by atoms with Crippen molar-refractivity contribution in [3.8, 4) is 0 Å². The molecule has 3 atom stereocenters. The minimum absolute atomic E-state index is 0.129. The predicted molar refractivity (Wildman–Crippen MR) is 87.6 cm³/mol. The van der Waals surface area contributed by atoms with Crippen LogP contribution in [0.25, 0.3) is 0 Å². The van der Waals surface area contributed by atoms with Gasteiger partial charge in [-0.25, -0.2) is 9.59 Å². The lowest BCUT2D eigenvalue weighted by Gasteiger charge is -2.31. The number of ether oxygens (including phenoxy) is 1. The highest BCUT2D eigenvalue weighted by molar-refractivity contribution is 5.96. The van der Waals surface area contributed by atoms with Gasteiger partial charge in [-0.3, -0.25) is 29.4 Å². The first-order valence-corrected chi connectivity index (χ1v) is 8.45. The van der Waals surface area contributed by atoms with Crippen LogP contribution in [0.5, 0.6) is 0 Å². The molecule has 2 heterocycles. The summed E-state index contributed by atoms with van der Waals surface area (Å²) < 4.78 is 5.51. The number of urea groups is 1. The normalized spacial score (nSPS) is 22.9. The van der Waals surface area contributed by atoms with Crippen LogP contribution in [0.1, 0.15) is 25.7 Å². The second-order valence-corrected chi connectivity index (χ2v) is 6.23. The summed E-state index contributed by atoms with van der Waals surface area (Å²) in [5.41, 5.74) is 0. The lowest BCUT2D eigenvalue weighted by Crippen LogP contribution is -2.53. The number of carbonyl (C=O) groups excluding carboxylic acids is 4. The number of amides is 5. The topological polar surface area (TPSA) is 191 Å². The Balaban J connectivity index is 1.78. The van der Waals surface area contributed by atoms with Crippen LogP contribution in [0.2, 0.25) is 0 Å². The second-order valence-electron chi connectivity index (χ2n) is 6.23. The van der Waals surface area contributed by atoms with E-state index in [2.05, 4.69) is 10.6 Å². The van der Waals surface area contributed by atoms with E-state index in [1.54, 1.807) is 0 Å². The molecule has 0 radical (unpaired) electrons. The largest absolute Gasteiger partial charge is 0.481 e. The van der Waals surface area contributed by atoms with E-state index in [1.807, 2.05) is 5.32 Å². The summed E-state index contributed by atoms with van der Waals surface area (Å²) in [6.07, 6.45) is -1.62. The molecular formula is C15H20N4O9. The second kappa shape index (κ2) is 9.12. The number of carboxylic acid groups (broad SMARTS) is 2. The first kappa shape index (κ1) is 21.1. The molecule has 0 aromatic heterocycles. The monoisotopic (exact) mass is 400 g/mol. The van der Waals surface area contributed by atoms with Crippen LogP contribution in [0.3, 0.4) is 0 Å². The third kappa shape index (κ3) is 5.64. The molecule has 2 fully saturated rings. The van der Waals surface area contributed by atoms with E-state index < -0.39 is 61.1 Å². The molecule has 0 spiro atoms. The number of rotatable bonds is 8. The Bertz CT molecular complexity index is 695. The number of imide groups is 1. The van der Waals surface area contributed by atoms with Gasteiger partial charge in [0.2, 0.25) is 17.7 Å². The highest BCUT2D eigenvalue weighted by atomic mass is 16.5. The zero-order chi connectivity index (χ0) is 20.8. The van der Waals surface area contributed by atoms with Crippen LogP contribution in [-0.2, 0) is 28.7 Å². The van der Waals surface area contributed by atoms with Crippen LogP contribution >= 0.6 is 0 Å². The number of hydrogen-bond acceptors (Lipinski definition) is 7. The molecule has 13 heteroatoms. The van der Waals surface area contributed by atoms with Crippen molar-refractivity contribution in [3.05, 3.63) is 0 Å². The maximum absolute atomic E-state index is 12.1. The molecule has 2 rings (SSSR count). The van der Waals surface area contributed by atoms with E-state index in [-0.39, 0.29) is 25.3 Å². The van der Waals surface area contributed by atoms with Gasteiger partial charge in [0.15, 0.2) is 0 Å². The molecule has 2 aliphatic rings. The standard InChI is InChI=1S/C15H20N4O9/c20-9-3-4-19(15(27)18-9)11-2-1-8(28-11)13(24)16-6-10(21)17-7(14(25)26)5-12(22)23/h7-8,11H,1-6H2,(H,16,24)(H,17,21)(H,22,23)(H,25,26)(H,18,20,27)/t7-,8-,11+/m0/s1. The van der Waals surface area contributed by atoms with Gasteiger partial charge in [0, 0.05) is 13.0 Å². The van der Waals surface area contributed by atoms with Gasteiger partial charge >= 0.3 is 18.0 Å². The minimum Gasteiger partial charge on any atom is -0.481 e. The van der Waals surface area contributed by atoms with Gasteiger partial charge < -0.3 is 25.6 Å². The van der Waals surface area contributed by atoms with Crippen LogP contribution < -0.4 is 16.0 Å². The Morgan fingerprint density at radius 3 is 2.54 bits per heavy atom. The van der Waals surface area contributed by atoms with E-state index >= 15 is 0 Å². The van der Waals surface area contributed by atoms with Crippen LogP contribution in [0.15, 0.2) is 0 Å². The summed E-state index contributed by atoms with van der Waals surface area (Å²) in [4.78, 5) is 69.6. The third-order valence-electron chi connectivity index (χ3n) is 4.16. The number of carboxylic acids is 2. The number of nitrogens with one attached hydrogen (secondary N) is 3. The fourth-order valence-electron chi connectivity index (χ4n) is 2.80. The SMILES string of the molecule is O=C(O)C[C@H](NC(=O)CNC(=O)[C@@H]1CC[C@H](N2CCC(=O)NC2=O)O1)C(=O)O. The summed E-state index contributed by atoms with van der Waals surface area (Å²) in [7, 11) is 0. The zero-order valence-corrected chi connectivity index (χ0v) is 14.7. The van der Waals surface area contributed by atoms with E-state index in [0.717, 1.165) is 0 Å². The molecular weight excluding hydrogens is 380 g/mol. The lowest BCUT2D eigenvalue weighted by molar-refractivity contribution is -0.147. The van der Waals surface area contributed by atoms with Crippen molar-refractivity contribution in [2.45, 2.75) is 44.1 Å². The minimum atomic E-state index is -1.62. The number of aliphatic carboxylic acids is 2. The molecule has 0 saturated carbocycles. The van der Waals surface area contributed by atoms with Crippen molar-refractivity contribution >= 4 is 35.7 Å². The summed E-state index contributed by atoms with van der Waals surface area (Å²) in [5.74, 6) is -4.79. The molecule has 0 unspecified atom stereocenters. The van der Waals surface area contributed by atoms with Crippen molar-refractivity contribution in [2.75, 3.05) is 13.1 Å². The Morgan fingerprint density at radius 1 is 1.21 bits per heavy atom. The lowest BCUT2D eigenvalue weighted by atomic mass is 10.2. The molecule has 5 N–H and O–H groups in total. The highest BCUT2D eigenvalue weighted by Crippen LogP contribution is 2.24. The van der Waals surface area contributed by atoms with Crippen LogP contribution in [0.4, 0.5) is 4.79 Å². The number of carbonyl (C=O) groups is 6. The van der Waals surface area contributed by atoms with E-state index in [9.17, 15) is 28.8 Å². The molecule has 2 saturated heterocycles. The molecule has 2 aliphatic heterocycles. The van der Waals surface area contributed by atoms with Crippen molar-refractivity contribution in [3.63, 3.8) is 0 Å². The molecule has 154 valence electrons. The Kier molecular flexibility index (Phi) is 6.87. The Hall–Kier alpha value is -3.22. The van der Waals surface area contributed by atoms with Gasteiger partial charge in [0.1, 0.15) is 18.4 Å². The number of hydrogen-bond donors (Lipinski definition) is 5. The van der Waals surface area contributed by atoms with Gasteiger partial charge in [-0.05, 0) is 12.8 Å². The van der Waals surface area contributed by atoms with E-state index in [4.69, 9.17) is 14.9 Å². The summed E-state index contributed by atoms with van der Waals surface area (Å²) in [5, 5.41) is 23.9. The van der Waals surface area contributed by atoms with E-state index in [1.165, 1.54) is 4.90 Å². The zero-order valence-electron chi connectivity index (χ0n) is 14.7. The molecule has 28 heavy (non-hydrogen) atoms. The average Bonchev–Trinajstić information content (AvgIpc) is 3.08. The number of nitrogens with zero attached hydrogens (tertiary/aromatic N) is 1. The third-order valence-corrected chi connectivity index (χ3v) is 4.16. The quantitative estimate of drug-likeness (QED) is 0.295. The maximum Gasteiger partial charge on any atom is 0.326 e. The Morgan fingerprint density at radius 2 is 1.93 bits per heavy atom. The van der Waals surface area contributed by atoms with Crippen LogP contribution in [0, 0.1) is 0 Å². The van der Waals surface area contributed by atoms with Crippen molar-refractivity contribution in [1.82, 2.24) is 20.9 Å². The predicted octanol–water partition coefficient (Wildman–Crippen LogP) is -2.41. The van der Waals surface area contributed by atoms with Crippen molar-refractivity contribution in [1.29, 1.82) is 0 Å². The van der Waals surface area contributed by atoms with Gasteiger partial charge in [-0.15, -0.1) is 0 Å². The van der Waals surface area contributed by atoms with Gasteiger partial charge in [-0.1, -0.05) is 0 Å². The van der Waals surface area contributed by atoms with Crippen molar-refractivity contribution in [2.24, 2.45) is 0 Å². The van der Waals surface area contributed by atoms with Crippen LogP contribution in [-0.4, -0.2) is 82.3 Å². The first-order valence-electron chi connectivity index (χ1n) is 8.45. The molecule has 0 aromatic rings. The summed E-state index contributed by atoms with van der Waals surface area (Å²) >= 11 is 0. The van der Waals surface area contributed by atoms with Gasteiger partial charge in [0.25, 0.3) is 0 Å². The smallest absolute Gasteiger partial charge is 0.326 e. The molecule has 0 aromatic carbocycles. The fourth-order valence-corrected chi connectivity index (χ4v) is 2.80. The molecule has 13 nitrogen and oxygen atoms in total.